The Hall–Kier alpha value is -1.42. The summed E-state index contributed by atoms with van der Waals surface area (Å²) >= 11 is 0. The normalized spacial score (nSPS) is 10.7. The van der Waals surface area contributed by atoms with Crippen LogP contribution in [0, 0.1) is 12.7 Å². The van der Waals surface area contributed by atoms with Gasteiger partial charge in [-0.1, -0.05) is 13.8 Å². The van der Waals surface area contributed by atoms with Crippen LogP contribution in [0.1, 0.15) is 29.8 Å². The molecule has 1 aromatic carbocycles. The lowest BCUT2D eigenvalue weighted by molar-refractivity contribution is 0.0948. The van der Waals surface area contributed by atoms with Crippen LogP contribution in [0.3, 0.4) is 0 Å². The molecule has 0 bridgehead atoms. The van der Waals surface area contributed by atoms with Crippen molar-refractivity contribution in [3.63, 3.8) is 0 Å². The molecule has 0 atom stereocenters. The molecule has 0 saturated carbocycles. The summed E-state index contributed by atoms with van der Waals surface area (Å²) < 4.78 is 12.9. The van der Waals surface area contributed by atoms with E-state index in [1.54, 1.807) is 6.92 Å². The van der Waals surface area contributed by atoms with Gasteiger partial charge in [0.2, 0.25) is 0 Å². The van der Waals surface area contributed by atoms with Crippen LogP contribution in [-0.4, -0.2) is 37.0 Å². The minimum absolute atomic E-state index is 0.139. The Morgan fingerprint density at radius 3 is 2.56 bits per heavy atom. The van der Waals surface area contributed by atoms with Crippen molar-refractivity contribution < 1.29 is 9.18 Å². The molecule has 0 aliphatic carbocycles. The van der Waals surface area contributed by atoms with Gasteiger partial charge in [0.05, 0.1) is 0 Å². The monoisotopic (exact) mass is 252 g/mol. The third-order valence-corrected chi connectivity index (χ3v) is 3.04. The summed E-state index contributed by atoms with van der Waals surface area (Å²) in [5.74, 6) is -0.452. The fourth-order valence-corrected chi connectivity index (χ4v) is 1.84. The van der Waals surface area contributed by atoms with Crippen molar-refractivity contribution in [2.45, 2.75) is 20.8 Å². The molecule has 1 aromatic rings. The average molecular weight is 252 g/mol. The standard InChI is InChI=1S/C14H21FN2O/c1-4-17(5-2)9-8-16-14(18)13-7-6-12(15)10-11(13)3/h6-7,10H,4-5,8-9H2,1-3H3,(H,16,18). The maximum atomic E-state index is 12.9. The first kappa shape index (κ1) is 14.6. The molecule has 1 N–H and O–H groups in total. The average Bonchev–Trinajstić information content (AvgIpc) is 2.34. The minimum Gasteiger partial charge on any atom is -0.351 e. The zero-order valence-corrected chi connectivity index (χ0v) is 11.3. The van der Waals surface area contributed by atoms with Crippen molar-refractivity contribution >= 4 is 5.91 Å². The van der Waals surface area contributed by atoms with E-state index in [1.165, 1.54) is 18.2 Å². The Morgan fingerprint density at radius 2 is 2.00 bits per heavy atom. The van der Waals surface area contributed by atoms with Gasteiger partial charge in [0.15, 0.2) is 0 Å². The molecule has 0 aliphatic heterocycles. The number of nitrogens with one attached hydrogen (secondary N) is 1. The number of rotatable bonds is 6. The first-order chi connectivity index (χ1) is 8.58. The predicted octanol–water partition coefficient (Wildman–Crippen LogP) is 2.21. The van der Waals surface area contributed by atoms with E-state index >= 15 is 0 Å². The van der Waals surface area contributed by atoms with Crippen molar-refractivity contribution in [3.8, 4) is 0 Å². The van der Waals surface area contributed by atoms with E-state index in [9.17, 15) is 9.18 Å². The van der Waals surface area contributed by atoms with Gasteiger partial charge in [-0.15, -0.1) is 0 Å². The van der Waals surface area contributed by atoms with E-state index in [-0.39, 0.29) is 11.7 Å². The zero-order chi connectivity index (χ0) is 13.5. The van der Waals surface area contributed by atoms with Gasteiger partial charge in [0, 0.05) is 18.7 Å². The summed E-state index contributed by atoms with van der Waals surface area (Å²) in [4.78, 5) is 14.1. The highest BCUT2D eigenvalue weighted by molar-refractivity contribution is 5.95. The number of benzene rings is 1. The number of likely N-dealkylation sites (N-methyl/N-ethyl adjacent to an activating group) is 1. The number of carbonyl (C=O) groups is 1. The molecular weight excluding hydrogens is 231 g/mol. The van der Waals surface area contributed by atoms with Crippen molar-refractivity contribution in [3.05, 3.63) is 35.1 Å². The third kappa shape index (κ3) is 4.11. The van der Waals surface area contributed by atoms with Gasteiger partial charge in [0.25, 0.3) is 5.91 Å². The highest BCUT2D eigenvalue weighted by atomic mass is 19.1. The SMILES string of the molecule is CCN(CC)CCNC(=O)c1ccc(F)cc1C. The van der Waals surface area contributed by atoms with Crippen LogP contribution >= 0.6 is 0 Å². The summed E-state index contributed by atoms with van der Waals surface area (Å²) in [5.41, 5.74) is 1.20. The second-order valence-electron chi connectivity index (χ2n) is 4.24. The minimum atomic E-state index is -0.313. The van der Waals surface area contributed by atoms with Crippen molar-refractivity contribution in [1.82, 2.24) is 10.2 Å². The van der Waals surface area contributed by atoms with E-state index in [1.807, 2.05) is 0 Å². The van der Waals surface area contributed by atoms with Gasteiger partial charge < -0.3 is 10.2 Å². The van der Waals surface area contributed by atoms with Gasteiger partial charge in [-0.2, -0.15) is 0 Å². The predicted molar refractivity (Wildman–Crippen MR) is 71.3 cm³/mol. The molecule has 0 aliphatic rings. The van der Waals surface area contributed by atoms with E-state index < -0.39 is 0 Å². The lowest BCUT2D eigenvalue weighted by Gasteiger charge is -2.18. The summed E-state index contributed by atoms with van der Waals surface area (Å²) in [6, 6.07) is 4.21. The van der Waals surface area contributed by atoms with Crippen LogP contribution in [0.5, 0.6) is 0 Å². The number of amides is 1. The van der Waals surface area contributed by atoms with Crippen molar-refractivity contribution in [2.24, 2.45) is 0 Å². The number of nitrogens with zero attached hydrogens (tertiary/aromatic N) is 1. The lowest BCUT2D eigenvalue weighted by Crippen LogP contribution is -2.35. The van der Waals surface area contributed by atoms with Crippen LogP contribution in [0.2, 0.25) is 0 Å². The number of halogens is 1. The van der Waals surface area contributed by atoms with E-state index in [0.29, 0.717) is 17.7 Å². The van der Waals surface area contributed by atoms with E-state index in [2.05, 4.69) is 24.1 Å². The summed E-state index contributed by atoms with van der Waals surface area (Å²) in [6.07, 6.45) is 0. The molecule has 0 saturated heterocycles. The molecule has 1 rings (SSSR count). The molecule has 4 heteroatoms. The third-order valence-electron chi connectivity index (χ3n) is 3.04. The largest absolute Gasteiger partial charge is 0.351 e. The molecule has 0 fully saturated rings. The fourth-order valence-electron chi connectivity index (χ4n) is 1.84. The van der Waals surface area contributed by atoms with Gasteiger partial charge in [-0.3, -0.25) is 4.79 Å². The number of hydrogen-bond acceptors (Lipinski definition) is 2. The number of aryl methyl sites for hydroxylation is 1. The summed E-state index contributed by atoms with van der Waals surface area (Å²) in [6.45, 7) is 9.31. The first-order valence-electron chi connectivity index (χ1n) is 6.35. The number of hydrogen-bond donors (Lipinski definition) is 1. The molecule has 0 radical (unpaired) electrons. The molecule has 0 spiro atoms. The maximum absolute atomic E-state index is 12.9. The van der Waals surface area contributed by atoms with Gasteiger partial charge in [-0.25, -0.2) is 4.39 Å². The van der Waals surface area contributed by atoms with Gasteiger partial charge >= 0.3 is 0 Å². The molecule has 0 aromatic heterocycles. The molecule has 18 heavy (non-hydrogen) atoms. The topological polar surface area (TPSA) is 32.3 Å². The molecular formula is C14H21FN2O. The molecule has 3 nitrogen and oxygen atoms in total. The Morgan fingerprint density at radius 1 is 1.33 bits per heavy atom. The summed E-state index contributed by atoms with van der Waals surface area (Å²) in [5, 5.41) is 2.86. The quantitative estimate of drug-likeness (QED) is 0.842. The van der Waals surface area contributed by atoms with Crippen LogP contribution in [0.15, 0.2) is 18.2 Å². The second-order valence-corrected chi connectivity index (χ2v) is 4.24. The Balaban J connectivity index is 2.50. The van der Waals surface area contributed by atoms with Crippen LogP contribution < -0.4 is 5.32 Å². The smallest absolute Gasteiger partial charge is 0.251 e. The summed E-state index contributed by atoms with van der Waals surface area (Å²) in [7, 11) is 0. The number of carbonyl (C=O) groups excluding carboxylic acids is 1. The van der Waals surface area contributed by atoms with Crippen LogP contribution in [0.25, 0.3) is 0 Å². The second kappa shape index (κ2) is 7.11. The van der Waals surface area contributed by atoms with Gasteiger partial charge in [-0.05, 0) is 43.8 Å². The Bertz CT molecular complexity index is 403. The lowest BCUT2D eigenvalue weighted by atomic mass is 10.1. The highest BCUT2D eigenvalue weighted by Crippen LogP contribution is 2.09. The molecule has 100 valence electrons. The zero-order valence-electron chi connectivity index (χ0n) is 11.3. The highest BCUT2D eigenvalue weighted by Gasteiger charge is 2.09. The van der Waals surface area contributed by atoms with E-state index in [4.69, 9.17) is 0 Å². The Kier molecular flexibility index (Phi) is 5.78. The first-order valence-corrected chi connectivity index (χ1v) is 6.35. The van der Waals surface area contributed by atoms with Gasteiger partial charge in [0.1, 0.15) is 5.82 Å². The van der Waals surface area contributed by atoms with Crippen molar-refractivity contribution in [2.75, 3.05) is 26.2 Å². The molecule has 1 amide bonds. The molecule has 0 heterocycles. The Labute approximate surface area is 108 Å². The molecule has 0 unspecified atom stereocenters. The van der Waals surface area contributed by atoms with Crippen molar-refractivity contribution in [1.29, 1.82) is 0 Å². The fraction of sp³-hybridized carbons (Fsp3) is 0.500. The van der Waals surface area contributed by atoms with E-state index in [0.717, 1.165) is 19.6 Å². The maximum Gasteiger partial charge on any atom is 0.251 e. The van der Waals surface area contributed by atoms with Crippen LogP contribution in [-0.2, 0) is 0 Å². The van der Waals surface area contributed by atoms with Crippen LogP contribution in [0.4, 0.5) is 4.39 Å².